The Hall–Kier alpha value is -2.00. The van der Waals surface area contributed by atoms with Gasteiger partial charge in [0.15, 0.2) is 0 Å². The van der Waals surface area contributed by atoms with Gasteiger partial charge in [-0.15, -0.1) is 0 Å². The SMILES string of the molecule is CCCOc1ccc(CN2CCCC2c2ccc(OC)cc2)cc1. The molecule has 1 saturated heterocycles. The summed E-state index contributed by atoms with van der Waals surface area (Å²) >= 11 is 0. The predicted molar refractivity (Wildman–Crippen MR) is 97.6 cm³/mol. The zero-order chi connectivity index (χ0) is 16.8. The second kappa shape index (κ2) is 8.20. The molecule has 0 amide bonds. The van der Waals surface area contributed by atoms with Crippen LogP contribution in [0.25, 0.3) is 0 Å². The Balaban J connectivity index is 1.64. The van der Waals surface area contributed by atoms with Crippen LogP contribution in [0.1, 0.15) is 43.4 Å². The van der Waals surface area contributed by atoms with Crippen molar-refractivity contribution in [1.82, 2.24) is 4.90 Å². The molecule has 1 fully saturated rings. The highest BCUT2D eigenvalue weighted by Gasteiger charge is 2.25. The van der Waals surface area contributed by atoms with Crippen LogP contribution in [0.5, 0.6) is 11.5 Å². The Labute approximate surface area is 145 Å². The zero-order valence-corrected chi connectivity index (χ0v) is 14.7. The quantitative estimate of drug-likeness (QED) is 0.728. The zero-order valence-electron chi connectivity index (χ0n) is 14.7. The molecule has 2 aromatic carbocycles. The van der Waals surface area contributed by atoms with E-state index >= 15 is 0 Å². The third-order valence-corrected chi connectivity index (χ3v) is 4.65. The summed E-state index contributed by atoms with van der Waals surface area (Å²) in [6, 6.07) is 17.6. The minimum Gasteiger partial charge on any atom is -0.497 e. The fourth-order valence-corrected chi connectivity index (χ4v) is 3.36. The maximum absolute atomic E-state index is 5.67. The van der Waals surface area contributed by atoms with E-state index < -0.39 is 0 Å². The van der Waals surface area contributed by atoms with Gasteiger partial charge in [0.1, 0.15) is 11.5 Å². The second-order valence-electron chi connectivity index (χ2n) is 6.39. The Bertz CT molecular complexity index is 621. The summed E-state index contributed by atoms with van der Waals surface area (Å²) < 4.78 is 10.9. The van der Waals surface area contributed by atoms with Crippen molar-refractivity contribution < 1.29 is 9.47 Å². The molecule has 1 aliphatic rings. The summed E-state index contributed by atoms with van der Waals surface area (Å²) in [5.74, 6) is 1.89. The number of likely N-dealkylation sites (tertiary alicyclic amines) is 1. The molecule has 0 aliphatic carbocycles. The van der Waals surface area contributed by atoms with E-state index in [-0.39, 0.29) is 0 Å². The summed E-state index contributed by atoms with van der Waals surface area (Å²) in [7, 11) is 1.71. The van der Waals surface area contributed by atoms with Gasteiger partial charge in [0, 0.05) is 12.6 Å². The number of hydrogen-bond donors (Lipinski definition) is 0. The van der Waals surface area contributed by atoms with Gasteiger partial charge in [0.2, 0.25) is 0 Å². The predicted octanol–water partition coefficient (Wildman–Crippen LogP) is 4.82. The molecule has 0 saturated carbocycles. The molecule has 0 radical (unpaired) electrons. The van der Waals surface area contributed by atoms with Crippen LogP contribution in [0.3, 0.4) is 0 Å². The molecule has 1 heterocycles. The molecule has 128 valence electrons. The van der Waals surface area contributed by atoms with Crippen LogP contribution in [0.2, 0.25) is 0 Å². The van der Waals surface area contributed by atoms with Crippen molar-refractivity contribution in [2.75, 3.05) is 20.3 Å². The van der Waals surface area contributed by atoms with Gasteiger partial charge >= 0.3 is 0 Å². The molecular formula is C21H27NO2. The second-order valence-corrected chi connectivity index (χ2v) is 6.39. The highest BCUT2D eigenvalue weighted by molar-refractivity contribution is 5.30. The van der Waals surface area contributed by atoms with Gasteiger partial charge in [-0.25, -0.2) is 0 Å². The van der Waals surface area contributed by atoms with Gasteiger partial charge in [-0.05, 0) is 61.2 Å². The summed E-state index contributed by atoms with van der Waals surface area (Å²) in [5.41, 5.74) is 2.73. The van der Waals surface area contributed by atoms with Gasteiger partial charge in [0.05, 0.1) is 13.7 Å². The van der Waals surface area contributed by atoms with Gasteiger partial charge in [-0.1, -0.05) is 31.2 Å². The smallest absolute Gasteiger partial charge is 0.119 e. The van der Waals surface area contributed by atoms with Crippen molar-refractivity contribution in [1.29, 1.82) is 0 Å². The first-order valence-corrected chi connectivity index (χ1v) is 8.90. The molecule has 3 nitrogen and oxygen atoms in total. The highest BCUT2D eigenvalue weighted by Crippen LogP contribution is 2.34. The lowest BCUT2D eigenvalue weighted by atomic mass is 10.0. The van der Waals surface area contributed by atoms with Gasteiger partial charge in [0.25, 0.3) is 0 Å². The molecule has 3 rings (SSSR count). The van der Waals surface area contributed by atoms with E-state index in [2.05, 4.69) is 60.4 Å². The molecule has 1 aliphatic heterocycles. The summed E-state index contributed by atoms with van der Waals surface area (Å²) in [6.45, 7) is 5.06. The van der Waals surface area contributed by atoms with Crippen molar-refractivity contribution in [3.8, 4) is 11.5 Å². The molecule has 24 heavy (non-hydrogen) atoms. The molecule has 2 aromatic rings. The van der Waals surface area contributed by atoms with E-state index in [9.17, 15) is 0 Å². The van der Waals surface area contributed by atoms with E-state index in [1.165, 1.54) is 24.0 Å². The van der Waals surface area contributed by atoms with E-state index in [1.807, 2.05) is 0 Å². The maximum atomic E-state index is 5.67. The lowest BCUT2D eigenvalue weighted by Crippen LogP contribution is -2.22. The van der Waals surface area contributed by atoms with Gasteiger partial charge < -0.3 is 9.47 Å². The Morgan fingerprint density at radius 1 is 1.00 bits per heavy atom. The van der Waals surface area contributed by atoms with Crippen LogP contribution in [-0.4, -0.2) is 25.2 Å². The summed E-state index contributed by atoms with van der Waals surface area (Å²) in [6.07, 6.45) is 3.53. The monoisotopic (exact) mass is 325 g/mol. The number of ether oxygens (including phenoxy) is 2. The molecule has 0 spiro atoms. The van der Waals surface area contributed by atoms with Gasteiger partial charge in [-0.3, -0.25) is 4.90 Å². The molecule has 1 atom stereocenters. The van der Waals surface area contributed by atoms with E-state index in [0.717, 1.165) is 37.6 Å². The van der Waals surface area contributed by atoms with Crippen LogP contribution in [0.15, 0.2) is 48.5 Å². The molecule has 1 unspecified atom stereocenters. The number of methoxy groups -OCH3 is 1. The number of nitrogens with zero attached hydrogens (tertiary/aromatic N) is 1. The van der Waals surface area contributed by atoms with Crippen molar-refractivity contribution in [3.63, 3.8) is 0 Å². The van der Waals surface area contributed by atoms with E-state index in [4.69, 9.17) is 9.47 Å². The molecular weight excluding hydrogens is 298 g/mol. The topological polar surface area (TPSA) is 21.7 Å². The number of benzene rings is 2. The molecule has 0 N–H and O–H groups in total. The van der Waals surface area contributed by atoms with Crippen molar-refractivity contribution >= 4 is 0 Å². The minimum atomic E-state index is 0.506. The van der Waals surface area contributed by atoms with Crippen LogP contribution in [0.4, 0.5) is 0 Å². The average Bonchev–Trinajstić information content (AvgIpc) is 3.09. The normalized spacial score (nSPS) is 17.8. The first kappa shape index (κ1) is 16.8. The maximum Gasteiger partial charge on any atom is 0.119 e. The molecule has 0 aromatic heterocycles. The van der Waals surface area contributed by atoms with Crippen LogP contribution in [0, 0.1) is 0 Å². The van der Waals surface area contributed by atoms with Crippen LogP contribution < -0.4 is 9.47 Å². The molecule has 3 heteroatoms. The Morgan fingerprint density at radius 2 is 1.71 bits per heavy atom. The fraction of sp³-hybridized carbons (Fsp3) is 0.429. The lowest BCUT2D eigenvalue weighted by Gasteiger charge is -2.25. The van der Waals surface area contributed by atoms with E-state index in [0.29, 0.717) is 6.04 Å². The number of rotatable bonds is 7. The van der Waals surface area contributed by atoms with Crippen molar-refractivity contribution in [2.24, 2.45) is 0 Å². The number of hydrogen-bond acceptors (Lipinski definition) is 3. The fourth-order valence-electron chi connectivity index (χ4n) is 3.36. The Morgan fingerprint density at radius 3 is 2.38 bits per heavy atom. The van der Waals surface area contributed by atoms with Crippen LogP contribution >= 0.6 is 0 Å². The van der Waals surface area contributed by atoms with Crippen molar-refractivity contribution in [2.45, 2.75) is 38.8 Å². The first-order chi connectivity index (χ1) is 11.8. The summed E-state index contributed by atoms with van der Waals surface area (Å²) in [5, 5.41) is 0. The van der Waals surface area contributed by atoms with Crippen molar-refractivity contribution in [3.05, 3.63) is 59.7 Å². The lowest BCUT2D eigenvalue weighted by molar-refractivity contribution is 0.248. The largest absolute Gasteiger partial charge is 0.497 e. The first-order valence-electron chi connectivity index (χ1n) is 8.90. The summed E-state index contributed by atoms with van der Waals surface area (Å²) in [4.78, 5) is 2.57. The highest BCUT2D eigenvalue weighted by atomic mass is 16.5. The van der Waals surface area contributed by atoms with Gasteiger partial charge in [-0.2, -0.15) is 0 Å². The standard InChI is InChI=1S/C21H27NO2/c1-3-15-24-20-10-6-17(7-11-20)16-22-14-4-5-21(22)18-8-12-19(23-2)13-9-18/h6-13,21H,3-5,14-16H2,1-2H3. The Kier molecular flexibility index (Phi) is 5.76. The third-order valence-electron chi connectivity index (χ3n) is 4.65. The minimum absolute atomic E-state index is 0.506. The molecule has 0 bridgehead atoms. The van der Waals surface area contributed by atoms with Crippen LogP contribution in [-0.2, 0) is 6.54 Å². The van der Waals surface area contributed by atoms with E-state index in [1.54, 1.807) is 7.11 Å². The average molecular weight is 325 g/mol. The third kappa shape index (κ3) is 4.09.